The highest BCUT2D eigenvalue weighted by atomic mass is 15.1. The van der Waals surface area contributed by atoms with Crippen LogP contribution in [0, 0.1) is 0 Å². The van der Waals surface area contributed by atoms with Gasteiger partial charge in [-0.05, 0) is 20.3 Å². The zero-order valence-corrected chi connectivity index (χ0v) is 26.7. The highest BCUT2D eigenvalue weighted by Gasteiger charge is 2.18. The van der Waals surface area contributed by atoms with E-state index in [0.29, 0.717) is 11.4 Å². The van der Waals surface area contributed by atoms with E-state index in [1.165, 1.54) is 0 Å². The topological polar surface area (TPSA) is 59.3 Å². The molecule has 0 fully saturated rings. The summed E-state index contributed by atoms with van der Waals surface area (Å²) in [6.45, 7) is 16.0. The number of benzene rings is 4. The smallest absolute Gasteiger partial charge is 0.142 e. The fourth-order valence-electron chi connectivity index (χ4n) is 6.46. The van der Waals surface area contributed by atoms with Crippen molar-refractivity contribution in [1.29, 1.82) is 0 Å². The lowest BCUT2D eigenvalue weighted by molar-refractivity contribution is 0.634. The molecule has 6 nitrogen and oxygen atoms in total. The molecule has 6 heteroatoms. The van der Waals surface area contributed by atoms with E-state index in [9.17, 15) is 0 Å². The molecule has 0 saturated heterocycles. The monoisotopic (exact) mass is 600 g/mol. The molecule has 2 aromatic heterocycles. The maximum Gasteiger partial charge on any atom is 0.142 e. The third-order valence-electron chi connectivity index (χ3n) is 8.70. The van der Waals surface area contributed by atoms with Gasteiger partial charge in [-0.3, -0.25) is 0 Å². The summed E-state index contributed by atoms with van der Waals surface area (Å²) >= 11 is 0. The van der Waals surface area contributed by atoms with Gasteiger partial charge in [0.1, 0.15) is 22.6 Å². The van der Waals surface area contributed by atoms with E-state index in [1.807, 2.05) is 55.6 Å². The molecule has 226 valence electrons. The lowest BCUT2D eigenvalue weighted by Crippen LogP contribution is -2.27. The molecule has 7 rings (SSSR count). The number of nitrogens with zero attached hydrogens (tertiary/aromatic N) is 6. The van der Waals surface area contributed by atoms with Crippen LogP contribution in [-0.2, 0) is 13.6 Å². The molecule has 0 N–H and O–H groups in total. The van der Waals surface area contributed by atoms with Gasteiger partial charge in [-0.25, -0.2) is 20.0 Å². The summed E-state index contributed by atoms with van der Waals surface area (Å²) in [7, 11) is 2.03. The van der Waals surface area contributed by atoms with Crippen molar-refractivity contribution in [3.05, 3.63) is 143 Å². The van der Waals surface area contributed by atoms with E-state index in [0.717, 1.165) is 90.8 Å². The van der Waals surface area contributed by atoms with Crippen LogP contribution in [0.3, 0.4) is 0 Å². The molecule has 4 aromatic carbocycles. The highest BCUT2D eigenvalue weighted by molar-refractivity contribution is 6.10. The molecular weight excluding hydrogens is 564 g/mol. The Morgan fingerprint density at radius 3 is 1.30 bits per heavy atom. The predicted octanol–water partition coefficient (Wildman–Crippen LogP) is 8.72. The second-order valence-corrected chi connectivity index (χ2v) is 11.7. The van der Waals surface area contributed by atoms with Gasteiger partial charge < -0.3 is 9.13 Å². The summed E-state index contributed by atoms with van der Waals surface area (Å²) in [4.78, 5) is 21.0. The normalized spacial score (nSPS) is 15.9. The SMILES string of the molecule is C=C1N=c2c3ccccc3c(n2CCC)=NC(=C)c2ccccc2/C(C)=N/c2c3ccccc3c(n2C)/N=C(\C)c2ccccc21. The summed E-state index contributed by atoms with van der Waals surface area (Å²) in [6.07, 6.45) is 0.918. The van der Waals surface area contributed by atoms with Gasteiger partial charge in [-0.2, -0.15) is 0 Å². The van der Waals surface area contributed by atoms with Gasteiger partial charge in [0.25, 0.3) is 0 Å². The Balaban J connectivity index is 1.61. The maximum atomic E-state index is 5.24. The van der Waals surface area contributed by atoms with Crippen molar-refractivity contribution in [2.45, 2.75) is 33.7 Å². The first-order valence-corrected chi connectivity index (χ1v) is 15.7. The minimum Gasteiger partial charge on any atom is -0.313 e. The van der Waals surface area contributed by atoms with Crippen LogP contribution in [0.4, 0.5) is 11.6 Å². The Hall–Kier alpha value is -5.62. The van der Waals surface area contributed by atoms with Crippen LogP contribution >= 0.6 is 0 Å². The Morgan fingerprint density at radius 1 is 0.522 bits per heavy atom. The summed E-state index contributed by atoms with van der Waals surface area (Å²) in [5, 5.41) is 4.13. The molecule has 0 amide bonds. The Bertz CT molecular complexity index is 2230. The Morgan fingerprint density at radius 2 is 0.891 bits per heavy atom. The standard InChI is InChI=1S/C40H36N6/c1-7-24-46-39-35-22-14-15-23-36(35)40(46)44-28(5)32-19-11-9-17-30(32)26(3)42-38-34-21-13-12-20-33(34)37(45(38)6)41-25(2)29-16-8-10-18-31(29)27(4)43-39/h8-23H,4-5,7,24H2,1-3,6H3/b41-25+,42-26+,43-39?,44-40?. The molecular formula is C40H36N6. The van der Waals surface area contributed by atoms with Crippen molar-refractivity contribution in [1.82, 2.24) is 9.13 Å². The second-order valence-electron chi connectivity index (χ2n) is 11.7. The molecule has 0 atom stereocenters. The molecule has 0 aliphatic carbocycles. The average Bonchev–Trinajstić information content (AvgIpc) is 3.50. The molecule has 0 saturated carbocycles. The van der Waals surface area contributed by atoms with E-state index in [4.69, 9.17) is 20.0 Å². The summed E-state index contributed by atoms with van der Waals surface area (Å²) in [5.74, 6) is 1.69. The van der Waals surface area contributed by atoms with Crippen molar-refractivity contribution in [2.24, 2.45) is 27.0 Å². The van der Waals surface area contributed by atoms with Crippen LogP contribution in [0.5, 0.6) is 0 Å². The van der Waals surface area contributed by atoms with Gasteiger partial charge in [0, 0.05) is 68.8 Å². The minimum absolute atomic E-state index is 0.667. The van der Waals surface area contributed by atoms with Gasteiger partial charge in [-0.1, -0.05) is 117 Å². The Labute approximate surface area is 268 Å². The van der Waals surface area contributed by atoms with E-state index in [-0.39, 0.29) is 0 Å². The Kier molecular flexibility index (Phi) is 7.41. The van der Waals surface area contributed by atoms with Gasteiger partial charge in [0.2, 0.25) is 0 Å². The van der Waals surface area contributed by atoms with Gasteiger partial charge >= 0.3 is 0 Å². The fourth-order valence-corrected chi connectivity index (χ4v) is 6.46. The number of aliphatic imine (C=N–C) groups is 2. The van der Waals surface area contributed by atoms with Gasteiger partial charge in [0.05, 0.1) is 11.4 Å². The third-order valence-corrected chi connectivity index (χ3v) is 8.70. The molecule has 0 radical (unpaired) electrons. The quantitative estimate of drug-likeness (QED) is 0.191. The van der Waals surface area contributed by atoms with E-state index in [2.05, 4.69) is 91.6 Å². The number of rotatable bonds is 2. The van der Waals surface area contributed by atoms with Crippen LogP contribution in [-0.4, -0.2) is 20.6 Å². The van der Waals surface area contributed by atoms with Crippen molar-refractivity contribution in [3.8, 4) is 0 Å². The average molecular weight is 601 g/mol. The molecule has 1 aliphatic heterocycles. The fraction of sp³-hybridized carbons (Fsp3) is 0.150. The molecule has 3 heterocycles. The minimum atomic E-state index is 0.667. The number of aromatic nitrogens is 2. The van der Waals surface area contributed by atoms with E-state index >= 15 is 0 Å². The van der Waals surface area contributed by atoms with Gasteiger partial charge in [0.15, 0.2) is 0 Å². The van der Waals surface area contributed by atoms with Crippen LogP contribution in [0.2, 0.25) is 0 Å². The number of hydrogen-bond acceptors (Lipinski definition) is 4. The maximum absolute atomic E-state index is 5.24. The second kappa shape index (κ2) is 11.7. The highest BCUT2D eigenvalue weighted by Crippen LogP contribution is 2.38. The predicted molar refractivity (Wildman–Crippen MR) is 192 cm³/mol. The van der Waals surface area contributed by atoms with Crippen LogP contribution in [0.25, 0.3) is 32.9 Å². The summed E-state index contributed by atoms with van der Waals surface area (Å²) in [5.41, 5.74) is 8.58. The van der Waals surface area contributed by atoms with Crippen molar-refractivity contribution < 1.29 is 0 Å². The van der Waals surface area contributed by atoms with Crippen molar-refractivity contribution >= 4 is 56.0 Å². The van der Waals surface area contributed by atoms with Crippen LogP contribution < -0.4 is 11.0 Å². The number of fused-ring (bicyclic) bond motifs is 12. The lowest BCUT2D eigenvalue weighted by atomic mass is 10.0. The summed E-state index contributed by atoms with van der Waals surface area (Å²) < 4.78 is 4.28. The van der Waals surface area contributed by atoms with Crippen molar-refractivity contribution in [3.63, 3.8) is 0 Å². The molecule has 0 unspecified atom stereocenters. The zero-order chi connectivity index (χ0) is 31.9. The zero-order valence-electron chi connectivity index (χ0n) is 26.7. The molecule has 0 spiro atoms. The van der Waals surface area contributed by atoms with E-state index in [1.54, 1.807) is 0 Å². The molecule has 46 heavy (non-hydrogen) atoms. The number of hydrogen-bond donors (Lipinski definition) is 0. The molecule has 6 aromatic rings. The van der Waals surface area contributed by atoms with Gasteiger partial charge in [-0.15, -0.1) is 0 Å². The van der Waals surface area contributed by atoms with Crippen LogP contribution in [0.15, 0.2) is 130 Å². The largest absolute Gasteiger partial charge is 0.313 e. The molecule has 4 bridgehead atoms. The van der Waals surface area contributed by atoms with E-state index < -0.39 is 0 Å². The first-order chi connectivity index (χ1) is 22.4. The summed E-state index contributed by atoms with van der Waals surface area (Å²) in [6, 6.07) is 33.1. The third kappa shape index (κ3) is 4.83. The first kappa shape index (κ1) is 29.1. The lowest BCUT2D eigenvalue weighted by Gasteiger charge is -2.12. The first-order valence-electron chi connectivity index (χ1n) is 15.7. The molecule has 1 aliphatic rings. The van der Waals surface area contributed by atoms with Crippen molar-refractivity contribution in [2.75, 3.05) is 0 Å². The van der Waals surface area contributed by atoms with Crippen LogP contribution in [0.1, 0.15) is 49.4 Å².